The lowest BCUT2D eigenvalue weighted by atomic mass is 9.66. The summed E-state index contributed by atoms with van der Waals surface area (Å²) in [4.78, 5) is 22.5. The minimum atomic E-state index is -0.384. The minimum Gasteiger partial charge on any atom is -0.293 e. The van der Waals surface area contributed by atoms with Crippen LogP contribution in [0.1, 0.15) is 65.9 Å². The van der Waals surface area contributed by atoms with Crippen molar-refractivity contribution < 1.29 is 9.18 Å². The van der Waals surface area contributed by atoms with E-state index in [0.717, 1.165) is 47.5 Å². The number of carbonyl (C=O) groups excluding carboxylic acids is 1. The van der Waals surface area contributed by atoms with Crippen LogP contribution in [0.15, 0.2) is 42.7 Å². The summed E-state index contributed by atoms with van der Waals surface area (Å²) in [5, 5.41) is 0.958. The molecule has 0 saturated heterocycles. The molecule has 0 aliphatic heterocycles. The quantitative estimate of drug-likeness (QED) is 0.380. The SMILES string of the molecule is Cc1nc(-c2cccnc2)sc1C(=O)CCC1(c2ccc(Cl)c(F)c2)CCCCC1. The number of ketones is 1. The number of rotatable bonds is 6. The Morgan fingerprint density at radius 2 is 2.03 bits per heavy atom. The molecular formula is C24H24ClFN2OS. The van der Waals surface area contributed by atoms with E-state index in [1.54, 1.807) is 24.5 Å². The van der Waals surface area contributed by atoms with Crippen molar-refractivity contribution in [1.82, 2.24) is 9.97 Å². The Morgan fingerprint density at radius 1 is 1.23 bits per heavy atom. The average molecular weight is 443 g/mol. The Labute approximate surface area is 185 Å². The lowest BCUT2D eigenvalue weighted by Crippen LogP contribution is -2.30. The number of aromatic nitrogens is 2. The van der Waals surface area contributed by atoms with Crippen molar-refractivity contribution >= 4 is 28.7 Å². The summed E-state index contributed by atoms with van der Waals surface area (Å²) in [7, 11) is 0. The maximum absolute atomic E-state index is 14.2. The number of carbonyl (C=O) groups is 1. The van der Waals surface area contributed by atoms with Crippen LogP contribution in [0.3, 0.4) is 0 Å². The van der Waals surface area contributed by atoms with Crippen LogP contribution in [0.2, 0.25) is 5.02 Å². The van der Waals surface area contributed by atoms with Crippen LogP contribution in [0.4, 0.5) is 4.39 Å². The summed E-state index contributed by atoms with van der Waals surface area (Å²) < 4.78 is 14.2. The molecule has 1 aliphatic carbocycles. The predicted molar refractivity (Wildman–Crippen MR) is 120 cm³/mol. The normalized spacial score (nSPS) is 15.8. The molecule has 156 valence electrons. The second-order valence-corrected chi connectivity index (χ2v) is 9.47. The fourth-order valence-electron chi connectivity index (χ4n) is 4.47. The van der Waals surface area contributed by atoms with Gasteiger partial charge >= 0.3 is 0 Å². The van der Waals surface area contributed by atoms with E-state index in [2.05, 4.69) is 9.97 Å². The number of hydrogen-bond acceptors (Lipinski definition) is 4. The van der Waals surface area contributed by atoms with Gasteiger partial charge in [0.25, 0.3) is 0 Å². The second kappa shape index (κ2) is 8.94. The third-order valence-corrected chi connectivity index (χ3v) is 7.69. The number of pyridine rings is 1. The molecule has 1 aliphatic rings. The molecular weight excluding hydrogens is 419 g/mol. The second-order valence-electron chi connectivity index (χ2n) is 8.07. The van der Waals surface area contributed by atoms with Gasteiger partial charge in [-0.1, -0.05) is 36.9 Å². The summed E-state index contributed by atoms with van der Waals surface area (Å²) in [6.07, 6.45) is 9.97. The molecule has 4 rings (SSSR count). The number of hydrogen-bond donors (Lipinski definition) is 0. The van der Waals surface area contributed by atoms with Gasteiger partial charge in [0.05, 0.1) is 15.6 Å². The van der Waals surface area contributed by atoms with Crippen LogP contribution in [0, 0.1) is 12.7 Å². The van der Waals surface area contributed by atoms with E-state index >= 15 is 0 Å². The van der Waals surface area contributed by atoms with Crippen molar-refractivity contribution in [3.05, 3.63) is 69.7 Å². The minimum absolute atomic E-state index is 0.111. The smallest absolute Gasteiger partial charge is 0.174 e. The first-order valence-electron chi connectivity index (χ1n) is 10.4. The summed E-state index contributed by atoms with van der Waals surface area (Å²) >= 11 is 7.33. The number of thiazole rings is 1. The molecule has 0 unspecified atom stereocenters. The fraction of sp³-hybridized carbons (Fsp3) is 0.375. The highest BCUT2D eigenvalue weighted by atomic mass is 35.5. The molecule has 2 heterocycles. The van der Waals surface area contributed by atoms with Crippen LogP contribution in [-0.4, -0.2) is 15.8 Å². The van der Waals surface area contributed by atoms with Gasteiger partial charge in [0.1, 0.15) is 10.8 Å². The molecule has 0 bridgehead atoms. The van der Waals surface area contributed by atoms with Gasteiger partial charge < -0.3 is 0 Å². The largest absolute Gasteiger partial charge is 0.293 e. The van der Waals surface area contributed by atoms with Gasteiger partial charge in [0.2, 0.25) is 0 Å². The van der Waals surface area contributed by atoms with E-state index in [-0.39, 0.29) is 22.0 Å². The van der Waals surface area contributed by atoms with E-state index in [1.165, 1.54) is 17.8 Å². The van der Waals surface area contributed by atoms with E-state index in [0.29, 0.717) is 17.7 Å². The topological polar surface area (TPSA) is 42.9 Å². The standard InChI is InChI=1S/C24H24ClFN2OS/c1-16-22(30-23(28-16)17-6-5-13-27-15-17)21(29)9-12-24(10-3-2-4-11-24)18-7-8-19(25)20(26)14-18/h5-8,13-15H,2-4,9-12H2,1H3. The lowest BCUT2D eigenvalue weighted by Gasteiger charge is -2.38. The molecule has 1 saturated carbocycles. The van der Waals surface area contributed by atoms with Crippen molar-refractivity contribution in [2.75, 3.05) is 0 Å². The predicted octanol–water partition coefficient (Wildman–Crippen LogP) is 7.17. The molecule has 0 radical (unpaired) electrons. The van der Waals surface area contributed by atoms with Crippen molar-refractivity contribution in [2.45, 2.75) is 57.3 Å². The zero-order valence-electron chi connectivity index (χ0n) is 17.0. The van der Waals surface area contributed by atoms with Crippen molar-refractivity contribution in [3.63, 3.8) is 0 Å². The zero-order chi connectivity index (χ0) is 21.1. The van der Waals surface area contributed by atoms with Crippen LogP contribution in [0.25, 0.3) is 10.6 Å². The summed E-state index contributed by atoms with van der Waals surface area (Å²) in [6, 6.07) is 8.95. The fourth-order valence-corrected chi connectivity index (χ4v) is 5.61. The third kappa shape index (κ3) is 4.33. The van der Waals surface area contributed by atoms with Crippen molar-refractivity contribution in [1.29, 1.82) is 0 Å². The van der Waals surface area contributed by atoms with Gasteiger partial charge in [-0.2, -0.15) is 0 Å². The Hall–Kier alpha value is -2.11. The van der Waals surface area contributed by atoms with E-state index in [1.807, 2.05) is 25.1 Å². The molecule has 30 heavy (non-hydrogen) atoms. The van der Waals surface area contributed by atoms with Gasteiger partial charge in [-0.25, -0.2) is 9.37 Å². The number of aryl methyl sites for hydroxylation is 1. The highest BCUT2D eigenvalue weighted by molar-refractivity contribution is 7.17. The van der Waals surface area contributed by atoms with Gasteiger partial charge in [0.15, 0.2) is 5.78 Å². The molecule has 6 heteroatoms. The number of Topliss-reactive ketones (excluding diaryl/α,β-unsaturated/α-hetero) is 1. The van der Waals surface area contributed by atoms with Crippen LogP contribution >= 0.6 is 22.9 Å². The van der Waals surface area contributed by atoms with E-state index < -0.39 is 0 Å². The maximum atomic E-state index is 14.2. The van der Waals surface area contributed by atoms with Gasteiger partial charge in [-0.05, 0) is 61.4 Å². The third-order valence-electron chi connectivity index (χ3n) is 6.13. The molecule has 3 aromatic rings. The lowest BCUT2D eigenvalue weighted by molar-refractivity contribution is 0.0966. The molecule has 0 amide bonds. The summed E-state index contributed by atoms with van der Waals surface area (Å²) in [5.74, 6) is -0.274. The maximum Gasteiger partial charge on any atom is 0.174 e. The molecule has 0 atom stereocenters. The molecule has 2 aromatic heterocycles. The number of nitrogens with zero attached hydrogens (tertiary/aromatic N) is 2. The Morgan fingerprint density at radius 3 is 2.73 bits per heavy atom. The molecule has 1 fully saturated rings. The molecule has 0 spiro atoms. The molecule has 0 N–H and O–H groups in total. The number of benzene rings is 1. The van der Waals surface area contributed by atoms with Crippen molar-refractivity contribution in [2.24, 2.45) is 0 Å². The van der Waals surface area contributed by atoms with E-state index in [4.69, 9.17) is 11.6 Å². The van der Waals surface area contributed by atoms with Gasteiger partial charge in [-0.3, -0.25) is 9.78 Å². The first-order chi connectivity index (χ1) is 14.5. The Kier molecular flexibility index (Phi) is 6.30. The van der Waals surface area contributed by atoms with Crippen molar-refractivity contribution in [3.8, 4) is 10.6 Å². The van der Waals surface area contributed by atoms with Gasteiger partial charge in [0, 0.05) is 24.4 Å². The zero-order valence-corrected chi connectivity index (χ0v) is 18.5. The molecule has 3 nitrogen and oxygen atoms in total. The van der Waals surface area contributed by atoms with Crippen LogP contribution < -0.4 is 0 Å². The first kappa shape index (κ1) is 21.1. The summed E-state index contributed by atoms with van der Waals surface area (Å²) in [6.45, 7) is 1.88. The summed E-state index contributed by atoms with van der Waals surface area (Å²) in [5.41, 5.74) is 2.49. The van der Waals surface area contributed by atoms with Crippen LogP contribution in [0.5, 0.6) is 0 Å². The van der Waals surface area contributed by atoms with Crippen LogP contribution in [-0.2, 0) is 5.41 Å². The highest BCUT2D eigenvalue weighted by Gasteiger charge is 2.35. The monoisotopic (exact) mass is 442 g/mol. The molecule has 1 aromatic carbocycles. The Balaban J connectivity index is 1.55. The van der Waals surface area contributed by atoms with Gasteiger partial charge in [-0.15, -0.1) is 11.3 Å². The van der Waals surface area contributed by atoms with E-state index in [9.17, 15) is 9.18 Å². The first-order valence-corrected chi connectivity index (χ1v) is 11.5. The average Bonchev–Trinajstić information content (AvgIpc) is 3.17. The highest BCUT2D eigenvalue weighted by Crippen LogP contribution is 2.44. The Bertz CT molecular complexity index is 1040. The number of halogens is 2.